The highest BCUT2D eigenvalue weighted by Gasteiger charge is 2.27. The molecule has 2 aromatic rings. The van der Waals surface area contributed by atoms with Crippen LogP contribution in [-0.4, -0.2) is 28.2 Å². The van der Waals surface area contributed by atoms with E-state index in [1.165, 1.54) is 18.1 Å². The molecule has 3 rings (SSSR count). The predicted molar refractivity (Wildman–Crippen MR) is 114 cm³/mol. The van der Waals surface area contributed by atoms with Gasteiger partial charge >= 0.3 is 6.09 Å². The van der Waals surface area contributed by atoms with Gasteiger partial charge in [0.1, 0.15) is 0 Å². The number of carbonyl (C=O) groups is 1. The Labute approximate surface area is 180 Å². The average Bonchev–Trinajstić information content (AvgIpc) is 2.72. The van der Waals surface area contributed by atoms with Crippen molar-refractivity contribution in [3.05, 3.63) is 57.6 Å². The Morgan fingerprint density at radius 1 is 1.24 bits per heavy atom. The Balaban J connectivity index is 1.91. The minimum atomic E-state index is -3.81. The molecular formula is C20H22Cl2N2O4S. The van der Waals surface area contributed by atoms with Crippen LogP contribution in [0.15, 0.2) is 41.3 Å². The van der Waals surface area contributed by atoms with Gasteiger partial charge in [0.05, 0.1) is 17.7 Å². The van der Waals surface area contributed by atoms with Gasteiger partial charge in [-0.25, -0.2) is 17.9 Å². The quantitative estimate of drug-likeness (QED) is 0.690. The van der Waals surface area contributed by atoms with E-state index < -0.39 is 22.2 Å². The average molecular weight is 457 g/mol. The van der Waals surface area contributed by atoms with Crippen molar-refractivity contribution >= 4 is 45.0 Å². The van der Waals surface area contributed by atoms with Gasteiger partial charge in [0, 0.05) is 22.6 Å². The molecule has 156 valence electrons. The molecule has 0 saturated heterocycles. The zero-order valence-electron chi connectivity index (χ0n) is 16.1. The highest BCUT2D eigenvalue weighted by molar-refractivity contribution is 7.89. The van der Waals surface area contributed by atoms with Crippen molar-refractivity contribution < 1.29 is 17.9 Å². The molecule has 29 heavy (non-hydrogen) atoms. The van der Waals surface area contributed by atoms with Crippen LogP contribution in [-0.2, 0) is 21.2 Å². The predicted octanol–water partition coefficient (Wildman–Crippen LogP) is 4.94. The van der Waals surface area contributed by atoms with Gasteiger partial charge in [-0.1, -0.05) is 30.1 Å². The lowest BCUT2D eigenvalue weighted by atomic mass is 10.0. The number of nitrogens with zero attached hydrogens (tertiary/aromatic N) is 1. The maximum Gasteiger partial charge on any atom is 0.414 e. The third-order valence-corrected chi connectivity index (χ3v) is 6.96. The molecule has 6 nitrogen and oxygen atoms in total. The van der Waals surface area contributed by atoms with Gasteiger partial charge in [0.2, 0.25) is 10.0 Å². The second-order valence-corrected chi connectivity index (χ2v) is 9.32. The molecule has 1 atom stereocenters. The zero-order valence-corrected chi connectivity index (χ0v) is 18.4. The van der Waals surface area contributed by atoms with Crippen LogP contribution in [0.4, 0.5) is 10.5 Å². The fourth-order valence-electron chi connectivity index (χ4n) is 3.44. The van der Waals surface area contributed by atoms with Gasteiger partial charge < -0.3 is 4.74 Å². The fourth-order valence-corrected chi connectivity index (χ4v) is 5.22. The Bertz CT molecular complexity index is 1030. The van der Waals surface area contributed by atoms with Crippen LogP contribution in [0.2, 0.25) is 10.0 Å². The minimum absolute atomic E-state index is 0.138. The maximum absolute atomic E-state index is 13.0. The number of anilines is 1. The Morgan fingerprint density at radius 3 is 2.69 bits per heavy atom. The molecule has 0 aliphatic carbocycles. The van der Waals surface area contributed by atoms with Crippen molar-refractivity contribution in [1.29, 1.82) is 0 Å². The van der Waals surface area contributed by atoms with Crippen molar-refractivity contribution in [2.75, 3.05) is 18.6 Å². The smallest absolute Gasteiger partial charge is 0.414 e. The molecule has 1 aliphatic heterocycles. The van der Waals surface area contributed by atoms with Gasteiger partial charge in [-0.15, -0.1) is 0 Å². The van der Waals surface area contributed by atoms with E-state index in [9.17, 15) is 13.2 Å². The molecule has 1 N–H and O–H groups in total. The van der Waals surface area contributed by atoms with E-state index in [-0.39, 0.29) is 4.90 Å². The standard InChI is InChI=1S/C20H22Cl2N2O4S/c1-3-18(16-12-14(21)6-8-17(16)22)23-29(26,27)15-7-9-19-13(11-15)5-4-10-24(19)20(25)28-2/h6-9,11-12,18,23H,3-5,10H2,1-2H3/t18-/m1/s1. The zero-order chi connectivity index (χ0) is 21.2. The summed E-state index contributed by atoms with van der Waals surface area (Å²) in [4.78, 5) is 13.6. The number of rotatable bonds is 5. The van der Waals surface area contributed by atoms with Crippen molar-refractivity contribution in [1.82, 2.24) is 4.72 Å². The van der Waals surface area contributed by atoms with Crippen LogP contribution < -0.4 is 9.62 Å². The number of methoxy groups -OCH3 is 1. The third kappa shape index (κ3) is 4.69. The first-order chi connectivity index (χ1) is 13.8. The highest BCUT2D eigenvalue weighted by Crippen LogP contribution is 2.32. The van der Waals surface area contributed by atoms with Crippen LogP contribution in [0.25, 0.3) is 0 Å². The summed E-state index contributed by atoms with van der Waals surface area (Å²) < 4.78 is 33.6. The topological polar surface area (TPSA) is 75.7 Å². The number of benzene rings is 2. The molecule has 0 radical (unpaired) electrons. The molecule has 0 fully saturated rings. The number of fused-ring (bicyclic) bond motifs is 1. The number of hydrogen-bond donors (Lipinski definition) is 1. The Morgan fingerprint density at radius 2 is 2.00 bits per heavy atom. The van der Waals surface area contributed by atoms with Crippen molar-refractivity contribution in [2.45, 2.75) is 37.1 Å². The van der Waals surface area contributed by atoms with E-state index >= 15 is 0 Å². The van der Waals surface area contributed by atoms with Gasteiger partial charge in [-0.2, -0.15) is 0 Å². The molecule has 1 heterocycles. The lowest BCUT2D eigenvalue weighted by Gasteiger charge is -2.28. The van der Waals surface area contributed by atoms with E-state index in [2.05, 4.69) is 4.72 Å². The third-order valence-electron chi connectivity index (χ3n) is 4.91. The number of aryl methyl sites for hydroxylation is 1. The Kier molecular flexibility index (Phi) is 6.73. The molecular weight excluding hydrogens is 435 g/mol. The molecule has 1 amide bonds. The summed E-state index contributed by atoms with van der Waals surface area (Å²) in [7, 11) is -2.49. The molecule has 0 bridgehead atoms. The van der Waals surface area contributed by atoms with E-state index in [1.807, 2.05) is 6.92 Å². The summed E-state index contributed by atoms with van der Waals surface area (Å²) in [6, 6.07) is 9.21. The number of halogens is 2. The Hall–Kier alpha value is -1.80. The summed E-state index contributed by atoms with van der Waals surface area (Å²) >= 11 is 12.3. The van der Waals surface area contributed by atoms with Crippen molar-refractivity contribution in [2.24, 2.45) is 0 Å². The van der Waals surface area contributed by atoms with Crippen LogP contribution in [0.5, 0.6) is 0 Å². The number of sulfonamides is 1. The minimum Gasteiger partial charge on any atom is -0.452 e. The SMILES string of the molecule is CC[C@@H](NS(=O)(=O)c1ccc2c(c1)CCCN2C(=O)OC)c1cc(Cl)ccc1Cl. The lowest BCUT2D eigenvalue weighted by Crippen LogP contribution is -2.35. The van der Waals surface area contributed by atoms with Gasteiger partial charge in [0.25, 0.3) is 0 Å². The normalized spacial score (nSPS) is 15.0. The largest absolute Gasteiger partial charge is 0.452 e. The van der Waals surface area contributed by atoms with E-state index in [1.54, 1.807) is 30.3 Å². The molecule has 1 aliphatic rings. The molecule has 0 unspecified atom stereocenters. The van der Waals surface area contributed by atoms with Crippen LogP contribution in [0.3, 0.4) is 0 Å². The lowest BCUT2D eigenvalue weighted by molar-refractivity contribution is 0.178. The first-order valence-electron chi connectivity index (χ1n) is 9.22. The summed E-state index contributed by atoms with van der Waals surface area (Å²) in [5.74, 6) is 0. The van der Waals surface area contributed by atoms with Crippen LogP contribution in [0.1, 0.15) is 36.9 Å². The molecule has 2 aromatic carbocycles. The van der Waals surface area contributed by atoms with Crippen molar-refractivity contribution in [3.63, 3.8) is 0 Å². The van der Waals surface area contributed by atoms with Crippen LogP contribution in [0, 0.1) is 0 Å². The van der Waals surface area contributed by atoms with E-state index in [0.29, 0.717) is 40.7 Å². The van der Waals surface area contributed by atoms with Crippen molar-refractivity contribution in [3.8, 4) is 0 Å². The number of ether oxygens (including phenoxy) is 1. The van der Waals surface area contributed by atoms with Gasteiger partial charge in [0.15, 0.2) is 0 Å². The second kappa shape index (κ2) is 8.92. The summed E-state index contributed by atoms with van der Waals surface area (Å²) in [6.07, 6.45) is 1.46. The summed E-state index contributed by atoms with van der Waals surface area (Å²) in [5, 5.41) is 0.932. The summed E-state index contributed by atoms with van der Waals surface area (Å²) in [5.41, 5.74) is 2.09. The number of nitrogens with one attached hydrogen (secondary N) is 1. The summed E-state index contributed by atoms with van der Waals surface area (Å²) in [6.45, 7) is 2.40. The molecule has 0 spiro atoms. The monoisotopic (exact) mass is 456 g/mol. The second-order valence-electron chi connectivity index (χ2n) is 6.76. The first kappa shape index (κ1) is 21.9. The first-order valence-corrected chi connectivity index (χ1v) is 11.5. The molecule has 0 aromatic heterocycles. The number of amides is 1. The molecule has 9 heteroatoms. The van der Waals surface area contributed by atoms with Crippen LogP contribution >= 0.6 is 23.2 Å². The van der Waals surface area contributed by atoms with E-state index in [0.717, 1.165) is 12.0 Å². The number of hydrogen-bond acceptors (Lipinski definition) is 4. The number of carbonyl (C=O) groups excluding carboxylic acids is 1. The highest BCUT2D eigenvalue weighted by atomic mass is 35.5. The van der Waals surface area contributed by atoms with Gasteiger partial charge in [-0.3, -0.25) is 4.90 Å². The molecule has 0 saturated carbocycles. The maximum atomic E-state index is 13.0. The van der Waals surface area contributed by atoms with Gasteiger partial charge in [-0.05, 0) is 66.8 Å². The fraction of sp³-hybridized carbons (Fsp3) is 0.350. The van der Waals surface area contributed by atoms with E-state index in [4.69, 9.17) is 27.9 Å².